The summed E-state index contributed by atoms with van der Waals surface area (Å²) >= 11 is 0. The van der Waals surface area contributed by atoms with Crippen LogP contribution in [0, 0.1) is 17.8 Å². The third-order valence-corrected chi connectivity index (χ3v) is 6.98. The number of halogens is 1. The Bertz CT molecular complexity index is 713. The maximum absolute atomic E-state index is 10.3. The van der Waals surface area contributed by atoms with E-state index in [0.29, 0.717) is 37.1 Å². The summed E-state index contributed by atoms with van der Waals surface area (Å²) in [4.78, 5) is 0. The van der Waals surface area contributed by atoms with E-state index < -0.39 is 10.1 Å². The van der Waals surface area contributed by atoms with E-state index in [9.17, 15) is 13.0 Å². The SMILES string of the molecule is C=C(N)C(C)CC.C=C(NCCCCS(=O)(=O)[O-])C(C)CC.C=C(NCCC[N+](C)(C)C)C(C)CC.[Cl-].[Na+]. The molecule has 0 saturated carbocycles. The third kappa shape index (κ3) is 35.8. The summed E-state index contributed by atoms with van der Waals surface area (Å²) in [6.45, 7) is 27.2. The second-order valence-electron chi connectivity index (χ2n) is 10.7. The topological polar surface area (TPSA) is 107 Å². The van der Waals surface area contributed by atoms with Crippen molar-refractivity contribution in [2.45, 2.75) is 80.1 Å². The monoisotopic (exact) mass is 590 g/mol. The molecule has 3 unspecified atom stereocenters. The van der Waals surface area contributed by atoms with Crippen molar-refractivity contribution in [3.05, 3.63) is 36.8 Å². The molecule has 0 aromatic heterocycles. The van der Waals surface area contributed by atoms with Gasteiger partial charge in [0.2, 0.25) is 0 Å². The summed E-state index contributed by atoms with van der Waals surface area (Å²) in [5, 5.41) is 6.53. The molecule has 0 radical (unpaired) electrons. The van der Waals surface area contributed by atoms with Gasteiger partial charge in [-0.05, 0) is 49.9 Å². The standard InChI is InChI=1S/C12H27N2.C10H21NO3S.C6H13N.ClH.Na/c1-7-11(2)12(3)13-9-8-10-14(4,5)6;1-4-9(2)10(3)11-7-5-6-8-15(12,13)14;1-4-5(2)6(3)7;;/h11,13H,3,7-10H2,1-2,4-6H3;9,11H,3-8H2,1-2H3,(H,12,13,14);5H,3-4,7H2,1-2H3;1H;/q+1;;;;+1/p-2. The molecule has 7 nitrogen and oxygen atoms in total. The molecule has 0 bridgehead atoms. The summed E-state index contributed by atoms with van der Waals surface area (Å²) < 4.78 is 31.9. The third-order valence-electron chi connectivity index (χ3n) is 6.19. The number of rotatable bonds is 17. The fourth-order valence-electron chi connectivity index (χ4n) is 2.56. The molecule has 0 amide bonds. The average molecular weight is 591 g/mol. The number of nitrogens with one attached hydrogen (secondary N) is 2. The molecule has 0 aromatic rings. The molecule has 0 aliphatic rings. The van der Waals surface area contributed by atoms with E-state index >= 15 is 0 Å². The number of quaternary nitrogens is 1. The maximum atomic E-state index is 10.3. The van der Waals surface area contributed by atoms with Crippen LogP contribution in [0.15, 0.2) is 36.8 Å². The van der Waals surface area contributed by atoms with Gasteiger partial charge in [-0.15, -0.1) is 0 Å². The quantitative estimate of drug-likeness (QED) is 0.0887. The first-order chi connectivity index (χ1) is 16.4. The molecule has 0 rings (SSSR count). The van der Waals surface area contributed by atoms with Gasteiger partial charge in [0.15, 0.2) is 0 Å². The van der Waals surface area contributed by atoms with Crippen LogP contribution in [-0.2, 0) is 10.1 Å². The number of unbranched alkanes of at least 4 members (excludes halogenated alkanes) is 1. The minimum atomic E-state index is -4.05. The molecule has 3 atom stereocenters. The Morgan fingerprint density at radius 3 is 1.45 bits per heavy atom. The minimum Gasteiger partial charge on any atom is -1.00 e. The Kier molecular flexibility index (Phi) is 33.8. The van der Waals surface area contributed by atoms with Crippen LogP contribution < -0.4 is 58.3 Å². The van der Waals surface area contributed by atoms with E-state index in [0.717, 1.165) is 35.3 Å². The fraction of sp³-hybridized carbons (Fsp3) is 0.786. The minimum absolute atomic E-state index is 0. The van der Waals surface area contributed by atoms with Crippen LogP contribution in [0.2, 0.25) is 0 Å². The van der Waals surface area contributed by atoms with Gasteiger partial charge < -0.3 is 37.8 Å². The van der Waals surface area contributed by atoms with Gasteiger partial charge in [0.05, 0.1) is 37.8 Å². The summed E-state index contributed by atoms with van der Waals surface area (Å²) in [5.74, 6) is 1.23. The molecule has 0 aliphatic carbocycles. The van der Waals surface area contributed by atoms with Gasteiger partial charge >= 0.3 is 29.6 Å². The summed E-state index contributed by atoms with van der Waals surface area (Å²) in [6, 6.07) is 0. The fourth-order valence-corrected chi connectivity index (χ4v) is 3.12. The first kappa shape index (κ1) is 47.6. The largest absolute Gasteiger partial charge is 1.00 e. The van der Waals surface area contributed by atoms with Crippen LogP contribution in [0.25, 0.3) is 0 Å². The van der Waals surface area contributed by atoms with Gasteiger partial charge in [0.1, 0.15) is 0 Å². The van der Waals surface area contributed by atoms with Crippen molar-refractivity contribution < 1.29 is 59.4 Å². The van der Waals surface area contributed by atoms with Crippen molar-refractivity contribution in [3.63, 3.8) is 0 Å². The molecule has 0 fully saturated rings. The molecular formula is C28H60ClN4NaO3S. The normalized spacial score (nSPS) is 12.9. The Balaban J connectivity index is -0.000000148. The first-order valence-corrected chi connectivity index (χ1v) is 15.0. The molecule has 0 aliphatic heterocycles. The summed E-state index contributed by atoms with van der Waals surface area (Å²) in [5.41, 5.74) is 8.31. The Morgan fingerprint density at radius 2 is 1.18 bits per heavy atom. The number of hydrogen-bond donors (Lipinski definition) is 3. The molecule has 38 heavy (non-hydrogen) atoms. The molecule has 4 N–H and O–H groups in total. The van der Waals surface area contributed by atoms with E-state index in [4.69, 9.17) is 5.73 Å². The zero-order valence-electron chi connectivity index (χ0n) is 26.5. The van der Waals surface area contributed by atoms with Crippen LogP contribution >= 0.6 is 0 Å². The molecule has 0 aromatic carbocycles. The summed E-state index contributed by atoms with van der Waals surface area (Å²) in [7, 11) is 2.63. The maximum Gasteiger partial charge on any atom is 1.00 e. The molecule has 0 spiro atoms. The van der Waals surface area contributed by atoms with Crippen molar-refractivity contribution in [1.82, 2.24) is 10.6 Å². The first-order valence-electron chi connectivity index (χ1n) is 13.4. The van der Waals surface area contributed by atoms with E-state index in [1.165, 1.54) is 25.1 Å². The van der Waals surface area contributed by atoms with Gasteiger partial charge in [0.25, 0.3) is 0 Å². The van der Waals surface area contributed by atoms with Gasteiger partial charge in [-0.25, -0.2) is 8.42 Å². The van der Waals surface area contributed by atoms with Crippen molar-refractivity contribution in [2.75, 3.05) is 46.5 Å². The number of nitrogens with two attached hydrogens (primary N) is 1. The van der Waals surface area contributed by atoms with Crippen LogP contribution in [0.4, 0.5) is 0 Å². The van der Waals surface area contributed by atoms with Gasteiger partial charge in [-0.1, -0.05) is 61.3 Å². The van der Waals surface area contributed by atoms with E-state index in [1.54, 1.807) is 0 Å². The average Bonchev–Trinajstić information content (AvgIpc) is 2.78. The van der Waals surface area contributed by atoms with E-state index in [2.05, 4.69) is 93.1 Å². The molecular weight excluding hydrogens is 531 g/mol. The second kappa shape index (κ2) is 27.0. The van der Waals surface area contributed by atoms with Crippen molar-refractivity contribution in [1.29, 1.82) is 0 Å². The van der Waals surface area contributed by atoms with Crippen LogP contribution in [0.1, 0.15) is 80.1 Å². The zero-order valence-corrected chi connectivity index (χ0v) is 30.0. The van der Waals surface area contributed by atoms with Crippen molar-refractivity contribution >= 4 is 10.1 Å². The zero-order chi connectivity index (χ0) is 28.9. The molecule has 0 heterocycles. The second-order valence-corrected chi connectivity index (χ2v) is 12.3. The van der Waals surface area contributed by atoms with E-state index in [-0.39, 0.29) is 47.7 Å². The number of allylic oxidation sites excluding steroid dienone is 3. The molecule has 0 saturated heterocycles. The van der Waals surface area contributed by atoms with Gasteiger partial charge in [-0.2, -0.15) is 0 Å². The smallest absolute Gasteiger partial charge is 1.00 e. The van der Waals surface area contributed by atoms with Crippen molar-refractivity contribution in [2.24, 2.45) is 23.5 Å². The molecule has 224 valence electrons. The Morgan fingerprint density at radius 1 is 0.816 bits per heavy atom. The number of hydrogen-bond acceptors (Lipinski definition) is 6. The predicted octanol–water partition coefficient (Wildman–Crippen LogP) is -0.794. The predicted molar refractivity (Wildman–Crippen MR) is 157 cm³/mol. The van der Waals surface area contributed by atoms with Crippen LogP contribution in [-0.4, -0.2) is 64.0 Å². The summed E-state index contributed by atoms with van der Waals surface area (Å²) in [6.07, 6.45) is 5.58. The van der Waals surface area contributed by atoms with E-state index in [1.807, 2.05) is 0 Å². The Hall–Kier alpha value is -0.220. The number of nitrogens with zero attached hydrogens (tertiary/aromatic N) is 1. The molecule has 10 heteroatoms. The van der Waals surface area contributed by atoms with Gasteiger partial charge in [-0.3, -0.25) is 0 Å². The van der Waals surface area contributed by atoms with Crippen LogP contribution in [0.5, 0.6) is 0 Å². The van der Waals surface area contributed by atoms with Gasteiger partial charge in [0, 0.05) is 42.4 Å². The Labute approximate surface area is 265 Å². The van der Waals surface area contributed by atoms with Crippen LogP contribution in [0.3, 0.4) is 0 Å². The van der Waals surface area contributed by atoms with Crippen molar-refractivity contribution in [3.8, 4) is 0 Å².